The lowest BCUT2D eigenvalue weighted by Gasteiger charge is -2.18. The Bertz CT molecular complexity index is 1240. The van der Waals surface area contributed by atoms with E-state index in [-0.39, 0.29) is 30.6 Å². The van der Waals surface area contributed by atoms with Crippen molar-refractivity contribution in [1.29, 1.82) is 0 Å². The summed E-state index contributed by atoms with van der Waals surface area (Å²) in [6.45, 7) is 0.595. The predicted octanol–water partition coefficient (Wildman–Crippen LogP) is 2.22. The zero-order chi connectivity index (χ0) is 23.5. The van der Waals surface area contributed by atoms with Gasteiger partial charge in [-0.15, -0.1) is 0 Å². The van der Waals surface area contributed by atoms with Gasteiger partial charge in [0.25, 0.3) is 0 Å². The standard InChI is InChI=1S/C24H26N4O5S/c1-31-21-10-6-5-9-17(21)18-11-12-25-24(26-18)27-19-13-32-23-20(14-33-22(19)23)28-34(29,30)15-16-7-3-2-4-8-16/h2-12,19-20,22-23,28H,13-15H2,1H3,(H,25,26,27)/t19-,20+,22-,23+/m1/s1. The third-order valence-corrected chi connectivity index (χ3v) is 7.31. The van der Waals surface area contributed by atoms with Crippen LogP contribution in [-0.2, 0) is 25.2 Å². The summed E-state index contributed by atoms with van der Waals surface area (Å²) in [5.41, 5.74) is 2.31. The van der Waals surface area contributed by atoms with Gasteiger partial charge in [-0.3, -0.25) is 0 Å². The number of para-hydroxylation sites is 1. The molecule has 2 aromatic carbocycles. The van der Waals surface area contributed by atoms with E-state index in [1.54, 1.807) is 25.4 Å². The molecule has 2 fully saturated rings. The number of ether oxygens (including phenoxy) is 3. The molecule has 178 valence electrons. The van der Waals surface area contributed by atoms with Crippen LogP contribution in [0.1, 0.15) is 5.56 Å². The van der Waals surface area contributed by atoms with Crippen LogP contribution in [0.25, 0.3) is 11.3 Å². The van der Waals surface area contributed by atoms with E-state index < -0.39 is 16.1 Å². The number of nitrogens with zero attached hydrogens (tertiary/aromatic N) is 2. The zero-order valence-electron chi connectivity index (χ0n) is 18.6. The third-order valence-electron chi connectivity index (χ3n) is 5.94. The maximum absolute atomic E-state index is 12.7. The maximum Gasteiger partial charge on any atom is 0.223 e. The van der Waals surface area contributed by atoms with Crippen molar-refractivity contribution in [2.75, 3.05) is 25.6 Å². The molecule has 0 saturated carbocycles. The molecular formula is C24H26N4O5S. The molecule has 9 nitrogen and oxygen atoms in total. The van der Waals surface area contributed by atoms with Gasteiger partial charge in [-0.25, -0.2) is 23.1 Å². The second-order valence-electron chi connectivity index (χ2n) is 8.28. The maximum atomic E-state index is 12.7. The highest BCUT2D eigenvalue weighted by Crippen LogP contribution is 2.31. The third kappa shape index (κ3) is 4.90. The summed E-state index contributed by atoms with van der Waals surface area (Å²) in [6, 6.07) is 17.9. The number of anilines is 1. The minimum Gasteiger partial charge on any atom is -0.496 e. The molecule has 3 heterocycles. The molecule has 34 heavy (non-hydrogen) atoms. The smallest absolute Gasteiger partial charge is 0.223 e. The van der Waals surface area contributed by atoms with E-state index in [2.05, 4.69) is 20.0 Å². The lowest BCUT2D eigenvalue weighted by atomic mass is 10.1. The Morgan fingerprint density at radius 3 is 2.47 bits per heavy atom. The van der Waals surface area contributed by atoms with Gasteiger partial charge in [-0.05, 0) is 23.8 Å². The number of hydrogen-bond donors (Lipinski definition) is 2. The SMILES string of the molecule is COc1ccccc1-c1ccnc(N[C@@H]2CO[C@@H]3[C@@H]2OC[C@@H]3NS(=O)(=O)Cc2ccccc2)n1. The summed E-state index contributed by atoms with van der Waals surface area (Å²) in [7, 11) is -1.92. The molecule has 0 unspecified atom stereocenters. The van der Waals surface area contributed by atoms with E-state index in [4.69, 9.17) is 14.2 Å². The van der Waals surface area contributed by atoms with Gasteiger partial charge < -0.3 is 19.5 Å². The fourth-order valence-corrected chi connectivity index (χ4v) is 5.77. The minimum atomic E-state index is -3.54. The summed E-state index contributed by atoms with van der Waals surface area (Å²) in [4.78, 5) is 8.97. The number of rotatable bonds is 8. The van der Waals surface area contributed by atoms with Crippen LogP contribution >= 0.6 is 0 Å². The Hall–Kier alpha value is -3.05. The first-order valence-electron chi connectivity index (χ1n) is 11.0. The lowest BCUT2D eigenvalue weighted by Crippen LogP contribution is -2.45. The summed E-state index contributed by atoms with van der Waals surface area (Å²) in [5.74, 6) is 1.07. The number of hydrogen-bond acceptors (Lipinski definition) is 8. The van der Waals surface area contributed by atoms with Crippen LogP contribution in [0.3, 0.4) is 0 Å². The number of sulfonamides is 1. The predicted molar refractivity (Wildman–Crippen MR) is 127 cm³/mol. The summed E-state index contributed by atoms with van der Waals surface area (Å²) >= 11 is 0. The van der Waals surface area contributed by atoms with E-state index >= 15 is 0 Å². The molecule has 1 aromatic heterocycles. The highest BCUT2D eigenvalue weighted by molar-refractivity contribution is 7.88. The molecule has 2 N–H and O–H groups in total. The Morgan fingerprint density at radius 1 is 0.971 bits per heavy atom. The zero-order valence-corrected chi connectivity index (χ0v) is 19.4. The average Bonchev–Trinajstić information content (AvgIpc) is 3.42. The van der Waals surface area contributed by atoms with Crippen LogP contribution in [0.15, 0.2) is 66.9 Å². The number of benzene rings is 2. The van der Waals surface area contributed by atoms with Crippen LogP contribution < -0.4 is 14.8 Å². The average molecular weight is 483 g/mol. The van der Waals surface area contributed by atoms with E-state index in [0.717, 1.165) is 22.6 Å². The molecule has 0 radical (unpaired) electrons. The van der Waals surface area contributed by atoms with Gasteiger partial charge in [0.1, 0.15) is 18.0 Å². The van der Waals surface area contributed by atoms with Crippen molar-refractivity contribution in [3.63, 3.8) is 0 Å². The Morgan fingerprint density at radius 2 is 1.68 bits per heavy atom. The number of aromatic nitrogens is 2. The highest BCUT2D eigenvalue weighted by atomic mass is 32.2. The monoisotopic (exact) mass is 482 g/mol. The number of fused-ring (bicyclic) bond motifs is 1. The molecule has 0 spiro atoms. The molecule has 0 amide bonds. The topological polar surface area (TPSA) is 112 Å². The molecule has 2 aliphatic rings. The van der Waals surface area contributed by atoms with Crippen LogP contribution in [0.2, 0.25) is 0 Å². The fraction of sp³-hybridized carbons (Fsp3) is 0.333. The molecule has 4 atom stereocenters. The molecule has 10 heteroatoms. The molecular weight excluding hydrogens is 456 g/mol. The summed E-state index contributed by atoms with van der Waals surface area (Å²) < 4.78 is 45.4. The van der Waals surface area contributed by atoms with Gasteiger partial charge in [-0.1, -0.05) is 42.5 Å². The first-order chi connectivity index (χ1) is 16.5. The van der Waals surface area contributed by atoms with Gasteiger partial charge in [0.05, 0.1) is 43.9 Å². The molecule has 5 rings (SSSR count). The van der Waals surface area contributed by atoms with Crippen molar-refractivity contribution in [3.05, 3.63) is 72.4 Å². The van der Waals surface area contributed by atoms with Crippen molar-refractivity contribution in [1.82, 2.24) is 14.7 Å². The second kappa shape index (κ2) is 9.67. The van der Waals surface area contributed by atoms with Crippen molar-refractivity contribution < 1.29 is 22.6 Å². The van der Waals surface area contributed by atoms with Crippen molar-refractivity contribution >= 4 is 16.0 Å². The van der Waals surface area contributed by atoms with Gasteiger partial charge in [0.15, 0.2) is 0 Å². The molecule has 0 bridgehead atoms. The molecule has 0 aliphatic carbocycles. The first-order valence-corrected chi connectivity index (χ1v) is 12.7. The van der Waals surface area contributed by atoms with Crippen LogP contribution in [0.4, 0.5) is 5.95 Å². The first kappa shape index (κ1) is 22.7. The van der Waals surface area contributed by atoms with Crippen LogP contribution in [0.5, 0.6) is 5.75 Å². The highest BCUT2D eigenvalue weighted by Gasteiger charge is 2.49. The fourth-order valence-electron chi connectivity index (χ4n) is 4.39. The molecule has 2 saturated heterocycles. The van der Waals surface area contributed by atoms with E-state index in [0.29, 0.717) is 12.6 Å². The summed E-state index contributed by atoms with van der Waals surface area (Å²) in [5, 5.41) is 3.29. The van der Waals surface area contributed by atoms with E-state index in [1.165, 1.54) is 0 Å². The van der Waals surface area contributed by atoms with Gasteiger partial charge in [0.2, 0.25) is 16.0 Å². The largest absolute Gasteiger partial charge is 0.496 e. The van der Waals surface area contributed by atoms with Gasteiger partial charge in [-0.2, -0.15) is 0 Å². The Balaban J connectivity index is 1.24. The van der Waals surface area contributed by atoms with Crippen LogP contribution in [0, 0.1) is 0 Å². The molecule has 2 aliphatic heterocycles. The quantitative estimate of drug-likeness (QED) is 0.503. The second-order valence-corrected chi connectivity index (χ2v) is 10.0. The van der Waals surface area contributed by atoms with Gasteiger partial charge >= 0.3 is 0 Å². The van der Waals surface area contributed by atoms with Crippen molar-refractivity contribution in [2.45, 2.75) is 30.0 Å². The number of nitrogens with one attached hydrogen (secondary N) is 2. The van der Waals surface area contributed by atoms with Gasteiger partial charge in [0, 0.05) is 11.8 Å². The van der Waals surface area contributed by atoms with E-state index in [1.807, 2.05) is 48.5 Å². The lowest BCUT2D eigenvalue weighted by molar-refractivity contribution is 0.0690. The van der Waals surface area contributed by atoms with Crippen molar-refractivity contribution in [2.24, 2.45) is 0 Å². The van der Waals surface area contributed by atoms with Crippen molar-refractivity contribution in [3.8, 4) is 17.0 Å². The normalized spacial score (nSPS) is 24.0. The Labute approximate surface area is 198 Å². The van der Waals surface area contributed by atoms with E-state index in [9.17, 15) is 8.42 Å². The van der Waals surface area contributed by atoms with Crippen LogP contribution in [-0.4, -0.2) is 63.0 Å². The molecule has 3 aromatic rings. The number of methoxy groups -OCH3 is 1. The minimum absolute atomic E-state index is 0.0903. The summed E-state index contributed by atoms with van der Waals surface area (Å²) in [6.07, 6.45) is 0.976. The Kier molecular flexibility index (Phi) is 6.46.